The molecule has 0 radical (unpaired) electrons. The van der Waals surface area contributed by atoms with Crippen LogP contribution < -0.4 is 25.2 Å². The van der Waals surface area contributed by atoms with E-state index in [1.165, 1.54) is 12.4 Å². The highest BCUT2D eigenvalue weighted by molar-refractivity contribution is 5.96. The number of carbonyl (C=O) groups excluding carboxylic acids is 1. The molecule has 1 amide bonds. The van der Waals surface area contributed by atoms with Gasteiger partial charge < -0.3 is 24.1 Å². The molecule has 1 aliphatic carbocycles. The molecule has 1 aromatic carbocycles. The summed E-state index contributed by atoms with van der Waals surface area (Å²) in [4.78, 5) is 27.3. The number of anilines is 2. The normalized spacial score (nSPS) is 16.6. The minimum atomic E-state index is -0.628. The maximum Gasteiger partial charge on any atom is 0.277 e. The Morgan fingerprint density at radius 1 is 1.07 bits per heavy atom. The first-order chi connectivity index (χ1) is 19.4. The van der Waals surface area contributed by atoms with Gasteiger partial charge in [0.25, 0.3) is 5.91 Å². The van der Waals surface area contributed by atoms with Crippen molar-refractivity contribution in [3.63, 3.8) is 0 Å². The molecule has 1 saturated heterocycles. The quantitative estimate of drug-likeness (QED) is 0.213. The van der Waals surface area contributed by atoms with Crippen molar-refractivity contribution in [2.45, 2.75) is 38.1 Å². The predicted octanol–water partition coefficient (Wildman–Crippen LogP) is 4.59. The number of rotatable bonds is 8. The monoisotopic (exact) mass is 544 g/mol. The number of carbonyl (C=O) groups is 1. The largest absolute Gasteiger partial charge is 0.493 e. The summed E-state index contributed by atoms with van der Waals surface area (Å²) in [6, 6.07) is 9.85. The van der Waals surface area contributed by atoms with Gasteiger partial charge in [-0.1, -0.05) is 0 Å². The second-order valence-electron chi connectivity index (χ2n) is 10.4. The van der Waals surface area contributed by atoms with Crippen molar-refractivity contribution in [3.8, 4) is 23.0 Å². The van der Waals surface area contributed by atoms with E-state index < -0.39 is 5.91 Å². The fourth-order valence-electron chi connectivity index (χ4n) is 5.69. The summed E-state index contributed by atoms with van der Waals surface area (Å²) in [5.74, 6) is 3.27. The molecule has 2 fully saturated rings. The van der Waals surface area contributed by atoms with Gasteiger partial charge in [-0.2, -0.15) is 0 Å². The first-order valence-electron chi connectivity index (χ1n) is 13.4. The van der Waals surface area contributed by atoms with E-state index in [1.54, 1.807) is 19.7 Å². The maximum absolute atomic E-state index is 11.6. The van der Waals surface area contributed by atoms with Crippen molar-refractivity contribution < 1.29 is 23.9 Å². The van der Waals surface area contributed by atoms with E-state index in [2.05, 4.69) is 26.3 Å². The smallest absolute Gasteiger partial charge is 0.277 e. The zero-order valence-corrected chi connectivity index (χ0v) is 22.7. The summed E-state index contributed by atoms with van der Waals surface area (Å²) >= 11 is 0. The Kier molecular flexibility index (Phi) is 6.67. The van der Waals surface area contributed by atoms with Crippen molar-refractivity contribution in [3.05, 3.63) is 54.0 Å². The van der Waals surface area contributed by atoms with Crippen LogP contribution in [0.2, 0.25) is 0 Å². The van der Waals surface area contributed by atoms with Gasteiger partial charge in [0.05, 0.1) is 25.3 Å². The third-order valence-corrected chi connectivity index (χ3v) is 8.04. The number of ether oxygens (including phenoxy) is 2. The van der Waals surface area contributed by atoms with Gasteiger partial charge in [-0.3, -0.25) is 10.0 Å². The fraction of sp³-hybridized carbons (Fsp3) is 0.379. The van der Waals surface area contributed by atoms with E-state index >= 15 is 0 Å². The van der Waals surface area contributed by atoms with Crippen molar-refractivity contribution in [1.29, 1.82) is 0 Å². The number of amides is 1. The summed E-state index contributed by atoms with van der Waals surface area (Å²) in [5.41, 5.74) is 4.37. The Morgan fingerprint density at radius 2 is 1.77 bits per heavy atom. The standard InChI is InChI=1S/C29H32N6O5/c1-17-4-5-24(40-17)23-13-22(20-12-25(38-2)26(39-3)14-21(20)32-23)33-29(8-9-29)19-6-10-35(11-7-19)28-30-15-18(16-31-28)27(36)34-37/h4-5,12-16,19,37H,6-11H2,1-3H3,(H,32,33)(H,34,36). The molecule has 40 heavy (non-hydrogen) atoms. The topological polar surface area (TPSA) is 135 Å². The Balaban J connectivity index is 1.25. The molecular formula is C29H32N6O5. The Bertz CT molecular complexity index is 1540. The van der Waals surface area contributed by atoms with Crippen LogP contribution in [0.4, 0.5) is 11.6 Å². The van der Waals surface area contributed by atoms with Gasteiger partial charge >= 0.3 is 0 Å². The number of benzene rings is 1. The van der Waals surface area contributed by atoms with Crippen LogP contribution in [0.1, 0.15) is 41.8 Å². The van der Waals surface area contributed by atoms with Crippen LogP contribution in [0.5, 0.6) is 11.5 Å². The number of nitrogens with one attached hydrogen (secondary N) is 2. The third kappa shape index (κ3) is 4.77. The van der Waals surface area contributed by atoms with Gasteiger partial charge in [-0.25, -0.2) is 20.4 Å². The molecule has 4 aromatic rings. The molecule has 11 heteroatoms. The Labute approximate surface area is 231 Å². The molecule has 0 bridgehead atoms. The van der Waals surface area contributed by atoms with Crippen molar-refractivity contribution in [2.24, 2.45) is 5.92 Å². The number of hydrogen-bond acceptors (Lipinski definition) is 10. The molecule has 3 N–H and O–H groups in total. The SMILES string of the molecule is COc1cc2nc(-c3ccc(C)o3)cc(NC3(C4CCN(c5ncc(C(=O)NO)cn5)CC4)CC3)c2cc1OC. The molecule has 2 aliphatic rings. The average Bonchev–Trinajstić information content (AvgIpc) is 3.65. The summed E-state index contributed by atoms with van der Waals surface area (Å²) in [5, 5.41) is 13.7. The zero-order chi connectivity index (χ0) is 27.9. The van der Waals surface area contributed by atoms with Gasteiger partial charge in [0.15, 0.2) is 17.3 Å². The van der Waals surface area contributed by atoms with Crippen molar-refractivity contribution >= 4 is 28.4 Å². The van der Waals surface area contributed by atoms with Gasteiger partial charge in [0.2, 0.25) is 5.95 Å². The maximum atomic E-state index is 11.6. The second-order valence-corrected chi connectivity index (χ2v) is 10.4. The highest BCUT2D eigenvalue weighted by Gasteiger charge is 2.50. The number of aromatic nitrogens is 3. The first kappa shape index (κ1) is 25.9. The molecule has 208 valence electrons. The highest BCUT2D eigenvalue weighted by atomic mass is 16.5. The van der Waals surface area contributed by atoms with Gasteiger partial charge in [-0.05, 0) is 62.8 Å². The Hall–Kier alpha value is -4.38. The molecular weight excluding hydrogens is 512 g/mol. The van der Waals surface area contributed by atoms with Crippen molar-refractivity contribution in [2.75, 3.05) is 37.5 Å². The molecule has 1 saturated carbocycles. The van der Waals surface area contributed by atoms with E-state index in [9.17, 15) is 4.79 Å². The molecule has 11 nitrogen and oxygen atoms in total. The number of furan rings is 1. The molecule has 0 atom stereocenters. The number of nitrogens with zero attached hydrogens (tertiary/aromatic N) is 4. The first-order valence-corrected chi connectivity index (χ1v) is 13.4. The van der Waals surface area contributed by atoms with E-state index in [-0.39, 0.29) is 11.1 Å². The fourth-order valence-corrected chi connectivity index (χ4v) is 5.69. The van der Waals surface area contributed by atoms with Crippen LogP contribution >= 0.6 is 0 Å². The van der Waals surface area contributed by atoms with Gasteiger partial charge in [0.1, 0.15) is 11.5 Å². The minimum Gasteiger partial charge on any atom is -0.493 e. The number of fused-ring (bicyclic) bond motifs is 1. The van der Waals surface area contributed by atoms with Gasteiger partial charge in [0, 0.05) is 48.2 Å². The number of piperidine rings is 1. The number of methoxy groups -OCH3 is 2. The van der Waals surface area contributed by atoms with Crippen LogP contribution in [-0.2, 0) is 0 Å². The summed E-state index contributed by atoms with van der Waals surface area (Å²) in [6.07, 6.45) is 7.01. The van der Waals surface area contributed by atoms with Crippen LogP contribution in [0.25, 0.3) is 22.4 Å². The molecule has 4 heterocycles. The average molecular weight is 545 g/mol. The summed E-state index contributed by atoms with van der Waals surface area (Å²) < 4.78 is 17.1. The number of pyridine rings is 1. The molecule has 0 spiro atoms. The second kappa shape index (κ2) is 10.3. The predicted molar refractivity (Wildman–Crippen MR) is 149 cm³/mol. The van der Waals surface area contributed by atoms with Crippen LogP contribution in [-0.4, -0.2) is 58.9 Å². The number of hydrogen-bond donors (Lipinski definition) is 3. The van der Waals surface area contributed by atoms with Crippen molar-refractivity contribution in [1.82, 2.24) is 20.4 Å². The molecule has 6 rings (SSSR count). The molecule has 3 aromatic heterocycles. The summed E-state index contributed by atoms with van der Waals surface area (Å²) in [6.45, 7) is 3.56. The molecule has 0 unspecified atom stereocenters. The lowest BCUT2D eigenvalue weighted by molar-refractivity contribution is 0.0705. The zero-order valence-electron chi connectivity index (χ0n) is 22.7. The lowest BCUT2D eigenvalue weighted by Crippen LogP contribution is -2.42. The highest BCUT2D eigenvalue weighted by Crippen LogP contribution is 2.50. The van der Waals surface area contributed by atoms with E-state index in [4.69, 9.17) is 24.1 Å². The van der Waals surface area contributed by atoms with E-state index in [0.29, 0.717) is 23.4 Å². The third-order valence-electron chi connectivity index (χ3n) is 8.04. The number of aryl methyl sites for hydroxylation is 1. The van der Waals surface area contributed by atoms with E-state index in [0.717, 1.165) is 72.6 Å². The minimum absolute atomic E-state index is 0.00613. The van der Waals surface area contributed by atoms with Crippen LogP contribution in [0.15, 0.2) is 47.1 Å². The number of hydroxylamine groups is 1. The van der Waals surface area contributed by atoms with E-state index in [1.807, 2.05) is 31.2 Å². The van der Waals surface area contributed by atoms with Crippen LogP contribution in [0.3, 0.4) is 0 Å². The molecule has 1 aliphatic heterocycles. The summed E-state index contributed by atoms with van der Waals surface area (Å²) in [7, 11) is 3.26. The van der Waals surface area contributed by atoms with Crippen LogP contribution in [0, 0.1) is 12.8 Å². The van der Waals surface area contributed by atoms with Gasteiger partial charge in [-0.15, -0.1) is 0 Å². The lowest BCUT2D eigenvalue weighted by Gasteiger charge is -2.37. The lowest BCUT2D eigenvalue weighted by atomic mass is 9.87. The Morgan fingerprint density at radius 3 is 2.38 bits per heavy atom.